The van der Waals surface area contributed by atoms with Gasteiger partial charge in [-0.05, 0) is 36.3 Å². The number of nitrogens with two attached hydrogens (primary N) is 1. The van der Waals surface area contributed by atoms with E-state index >= 15 is 0 Å². The Labute approximate surface area is 97.8 Å². The van der Waals surface area contributed by atoms with Gasteiger partial charge in [0, 0.05) is 6.04 Å². The van der Waals surface area contributed by atoms with Crippen LogP contribution >= 0.6 is 0 Å². The van der Waals surface area contributed by atoms with Crippen LogP contribution in [0.15, 0.2) is 24.3 Å². The lowest BCUT2D eigenvalue weighted by Gasteiger charge is -2.16. The van der Waals surface area contributed by atoms with Crippen LogP contribution in [0.3, 0.4) is 0 Å². The maximum Gasteiger partial charge on any atom is 0.122 e. The number of ether oxygens (including phenoxy) is 1. The fourth-order valence-electron chi connectivity index (χ4n) is 1.94. The molecule has 2 rings (SSSR count). The van der Waals surface area contributed by atoms with E-state index in [4.69, 9.17) is 10.5 Å². The molecular formula is C14H21NO. The van der Waals surface area contributed by atoms with Crippen molar-refractivity contribution in [2.45, 2.75) is 38.6 Å². The van der Waals surface area contributed by atoms with E-state index in [9.17, 15) is 0 Å². The second-order valence-corrected chi connectivity index (χ2v) is 5.00. The number of para-hydroxylation sites is 1. The van der Waals surface area contributed by atoms with Gasteiger partial charge in [-0.15, -0.1) is 0 Å². The molecule has 1 aromatic rings. The van der Waals surface area contributed by atoms with E-state index in [2.05, 4.69) is 26.0 Å². The Morgan fingerprint density at radius 3 is 2.62 bits per heavy atom. The molecule has 0 aliphatic heterocycles. The Morgan fingerprint density at radius 1 is 1.31 bits per heavy atom. The van der Waals surface area contributed by atoms with E-state index in [-0.39, 0.29) is 6.04 Å². The molecule has 0 bridgehead atoms. The average molecular weight is 219 g/mol. The van der Waals surface area contributed by atoms with E-state index in [1.807, 2.05) is 12.1 Å². The number of benzene rings is 1. The van der Waals surface area contributed by atoms with E-state index in [0.717, 1.165) is 5.75 Å². The second-order valence-electron chi connectivity index (χ2n) is 5.00. The summed E-state index contributed by atoms with van der Waals surface area (Å²) in [6.45, 7) is 5.01. The SMILES string of the molecule is CC(C)c1ccccc1OCC(N)C1CC1. The second kappa shape index (κ2) is 4.88. The van der Waals surface area contributed by atoms with Crippen molar-refractivity contribution in [3.63, 3.8) is 0 Å². The van der Waals surface area contributed by atoms with Gasteiger partial charge in [0.25, 0.3) is 0 Å². The number of hydrogen-bond donors (Lipinski definition) is 1. The van der Waals surface area contributed by atoms with Crippen molar-refractivity contribution in [3.05, 3.63) is 29.8 Å². The number of hydrogen-bond acceptors (Lipinski definition) is 2. The third kappa shape index (κ3) is 2.76. The zero-order chi connectivity index (χ0) is 11.5. The van der Waals surface area contributed by atoms with Gasteiger partial charge in [-0.3, -0.25) is 0 Å². The van der Waals surface area contributed by atoms with Crippen molar-refractivity contribution in [2.75, 3.05) is 6.61 Å². The lowest BCUT2D eigenvalue weighted by Crippen LogP contribution is -2.30. The lowest BCUT2D eigenvalue weighted by atomic mass is 10.0. The van der Waals surface area contributed by atoms with Gasteiger partial charge in [0.15, 0.2) is 0 Å². The van der Waals surface area contributed by atoms with Crippen LogP contribution in [0.2, 0.25) is 0 Å². The zero-order valence-electron chi connectivity index (χ0n) is 10.1. The zero-order valence-corrected chi connectivity index (χ0v) is 10.1. The van der Waals surface area contributed by atoms with Gasteiger partial charge in [-0.1, -0.05) is 32.0 Å². The number of rotatable bonds is 5. The fourth-order valence-corrected chi connectivity index (χ4v) is 1.94. The van der Waals surface area contributed by atoms with Crippen molar-refractivity contribution in [1.29, 1.82) is 0 Å². The molecule has 1 aliphatic rings. The first-order valence-electron chi connectivity index (χ1n) is 6.15. The van der Waals surface area contributed by atoms with E-state index in [0.29, 0.717) is 18.4 Å². The summed E-state index contributed by atoms with van der Waals surface area (Å²) in [4.78, 5) is 0. The van der Waals surface area contributed by atoms with E-state index in [1.165, 1.54) is 18.4 Å². The van der Waals surface area contributed by atoms with Crippen molar-refractivity contribution in [2.24, 2.45) is 11.7 Å². The predicted octanol–water partition coefficient (Wildman–Crippen LogP) is 2.93. The monoisotopic (exact) mass is 219 g/mol. The molecule has 1 atom stereocenters. The van der Waals surface area contributed by atoms with Crippen molar-refractivity contribution in [1.82, 2.24) is 0 Å². The van der Waals surface area contributed by atoms with Crippen LogP contribution in [-0.2, 0) is 0 Å². The maximum absolute atomic E-state index is 6.03. The van der Waals surface area contributed by atoms with E-state index in [1.54, 1.807) is 0 Å². The molecule has 0 amide bonds. The molecular weight excluding hydrogens is 198 g/mol. The van der Waals surface area contributed by atoms with Gasteiger partial charge in [0.05, 0.1) is 0 Å². The summed E-state index contributed by atoms with van der Waals surface area (Å²) in [6, 6.07) is 8.45. The Balaban J connectivity index is 1.97. The summed E-state index contributed by atoms with van der Waals surface area (Å²) < 4.78 is 5.84. The molecule has 0 heterocycles. The minimum absolute atomic E-state index is 0.209. The van der Waals surface area contributed by atoms with Crippen LogP contribution in [0.1, 0.15) is 38.2 Å². The first-order valence-corrected chi connectivity index (χ1v) is 6.15. The van der Waals surface area contributed by atoms with Gasteiger partial charge >= 0.3 is 0 Å². The van der Waals surface area contributed by atoms with Gasteiger partial charge < -0.3 is 10.5 Å². The molecule has 1 aliphatic carbocycles. The van der Waals surface area contributed by atoms with Crippen LogP contribution in [-0.4, -0.2) is 12.6 Å². The smallest absolute Gasteiger partial charge is 0.122 e. The molecule has 1 fully saturated rings. The lowest BCUT2D eigenvalue weighted by molar-refractivity contribution is 0.273. The topological polar surface area (TPSA) is 35.2 Å². The van der Waals surface area contributed by atoms with Crippen LogP contribution in [0.4, 0.5) is 0 Å². The Bertz CT molecular complexity index is 344. The molecule has 1 unspecified atom stereocenters. The quantitative estimate of drug-likeness (QED) is 0.826. The molecule has 1 aromatic carbocycles. The fraction of sp³-hybridized carbons (Fsp3) is 0.571. The van der Waals surface area contributed by atoms with Gasteiger partial charge in [0.2, 0.25) is 0 Å². The highest BCUT2D eigenvalue weighted by molar-refractivity contribution is 5.35. The molecule has 0 aromatic heterocycles. The summed E-state index contributed by atoms with van der Waals surface area (Å²) in [5.74, 6) is 2.19. The third-order valence-corrected chi connectivity index (χ3v) is 3.20. The predicted molar refractivity (Wildman–Crippen MR) is 66.7 cm³/mol. The van der Waals surface area contributed by atoms with Gasteiger partial charge in [0.1, 0.15) is 12.4 Å². The first kappa shape index (κ1) is 11.5. The normalized spacial score (nSPS) is 17.5. The molecule has 16 heavy (non-hydrogen) atoms. The molecule has 2 nitrogen and oxygen atoms in total. The van der Waals surface area contributed by atoms with E-state index < -0.39 is 0 Å². The van der Waals surface area contributed by atoms with Crippen molar-refractivity contribution >= 4 is 0 Å². The Hall–Kier alpha value is -1.02. The molecule has 0 saturated heterocycles. The van der Waals surface area contributed by atoms with Gasteiger partial charge in [-0.2, -0.15) is 0 Å². The Morgan fingerprint density at radius 2 is 2.00 bits per heavy atom. The largest absolute Gasteiger partial charge is 0.492 e. The standard InChI is InChI=1S/C14H21NO/c1-10(2)12-5-3-4-6-14(12)16-9-13(15)11-7-8-11/h3-6,10-11,13H,7-9,15H2,1-2H3. The molecule has 2 heteroatoms. The minimum atomic E-state index is 0.209. The van der Waals surface area contributed by atoms with Crippen LogP contribution < -0.4 is 10.5 Å². The molecule has 0 radical (unpaired) electrons. The van der Waals surface area contributed by atoms with Crippen LogP contribution in [0, 0.1) is 5.92 Å². The van der Waals surface area contributed by atoms with Crippen molar-refractivity contribution < 1.29 is 4.74 Å². The summed E-state index contributed by atoms with van der Waals surface area (Å²) >= 11 is 0. The molecule has 1 saturated carbocycles. The maximum atomic E-state index is 6.03. The summed E-state index contributed by atoms with van der Waals surface area (Å²) in [5, 5.41) is 0. The van der Waals surface area contributed by atoms with Gasteiger partial charge in [-0.25, -0.2) is 0 Å². The molecule has 88 valence electrons. The van der Waals surface area contributed by atoms with Crippen LogP contribution in [0.25, 0.3) is 0 Å². The summed E-state index contributed by atoms with van der Waals surface area (Å²) in [5.41, 5.74) is 7.30. The Kier molecular flexibility index (Phi) is 3.49. The highest BCUT2D eigenvalue weighted by Crippen LogP contribution is 2.32. The molecule has 0 spiro atoms. The highest BCUT2D eigenvalue weighted by atomic mass is 16.5. The first-order chi connectivity index (χ1) is 7.68. The summed E-state index contributed by atoms with van der Waals surface area (Å²) in [7, 11) is 0. The minimum Gasteiger partial charge on any atom is -0.492 e. The van der Waals surface area contributed by atoms with Crippen LogP contribution in [0.5, 0.6) is 5.75 Å². The third-order valence-electron chi connectivity index (χ3n) is 3.20. The molecule has 2 N–H and O–H groups in total. The average Bonchev–Trinajstić information content (AvgIpc) is 3.10. The van der Waals surface area contributed by atoms with Crippen molar-refractivity contribution in [3.8, 4) is 5.75 Å². The highest BCUT2D eigenvalue weighted by Gasteiger charge is 2.28. The summed E-state index contributed by atoms with van der Waals surface area (Å²) in [6.07, 6.45) is 2.55.